The molecule has 0 radical (unpaired) electrons. The summed E-state index contributed by atoms with van der Waals surface area (Å²) in [7, 11) is 1.61. The summed E-state index contributed by atoms with van der Waals surface area (Å²) in [6, 6.07) is 16.5. The van der Waals surface area contributed by atoms with Crippen molar-refractivity contribution in [3.63, 3.8) is 0 Å². The molecule has 0 aliphatic rings. The number of aromatic amines is 1. The van der Waals surface area contributed by atoms with E-state index in [1.807, 2.05) is 48.5 Å². The van der Waals surface area contributed by atoms with Gasteiger partial charge in [0, 0.05) is 11.6 Å². The Hall–Kier alpha value is -2.93. The number of hydrogen-bond acceptors (Lipinski definition) is 5. The number of nitrogens with zero attached hydrogens (tertiary/aromatic N) is 2. The van der Waals surface area contributed by atoms with Gasteiger partial charge in [-0.1, -0.05) is 30.3 Å². The number of rotatable bonds is 5. The highest BCUT2D eigenvalue weighted by atomic mass is 79.9. The Labute approximate surface area is 152 Å². The summed E-state index contributed by atoms with van der Waals surface area (Å²) >= 11 is 3.42. The van der Waals surface area contributed by atoms with Crippen LogP contribution in [0.1, 0.15) is 5.56 Å². The summed E-state index contributed by atoms with van der Waals surface area (Å²) in [5.41, 5.74) is 4.80. The average Bonchev–Trinajstić information content (AvgIpc) is 2.62. The van der Waals surface area contributed by atoms with Gasteiger partial charge in [-0.25, -0.2) is 10.4 Å². The Morgan fingerprint density at radius 1 is 1.20 bits per heavy atom. The standard InChI is InChI=1S/C18H15BrN4O2/c1-25-16-8-7-12(9-14(16)19)11-20-23-18-21-15(10-17(24)22-18)13-5-3-2-4-6-13/h2-11H,1H3,(H2,21,22,23,24)/b20-11-. The Kier molecular flexibility index (Phi) is 5.25. The molecule has 0 bridgehead atoms. The normalized spacial score (nSPS) is 10.8. The number of benzene rings is 2. The van der Waals surface area contributed by atoms with Gasteiger partial charge < -0.3 is 4.74 Å². The van der Waals surface area contributed by atoms with Gasteiger partial charge in [0.05, 0.1) is 23.5 Å². The van der Waals surface area contributed by atoms with Gasteiger partial charge in [-0.05, 0) is 39.7 Å². The molecule has 0 saturated heterocycles. The molecule has 0 unspecified atom stereocenters. The summed E-state index contributed by atoms with van der Waals surface area (Å²) in [5.74, 6) is 1.02. The second-order valence-corrected chi connectivity index (χ2v) is 5.96. The van der Waals surface area contributed by atoms with Gasteiger partial charge in [-0.15, -0.1) is 0 Å². The summed E-state index contributed by atoms with van der Waals surface area (Å²) < 4.78 is 6.02. The lowest BCUT2D eigenvalue weighted by Crippen LogP contribution is -2.10. The predicted octanol–water partition coefficient (Wildman–Crippen LogP) is 3.65. The molecule has 0 fully saturated rings. The summed E-state index contributed by atoms with van der Waals surface area (Å²) in [4.78, 5) is 18.8. The largest absolute Gasteiger partial charge is 0.496 e. The second kappa shape index (κ2) is 7.76. The van der Waals surface area contributed by atoms with E-state index in [0.717, 1.165) is 21.3 Å². The van der Waals surface area contributed by atoms with Gasteiger partial charge in [0.2, 0.25) is 5.95 Å². The van der Waals surface area contributed by atoms with Gasteiger partial charge in [-0.2, -0.15) is 5.10 Å². The minimum atomic E-state index is -0.251. The highest BCUT2D eigenvalue weighted by Crippen LogP contribution is 2.24. The fourth-order valence-electron chi connectivity index (χ4n) is 2.20. The van der Waals surface area contributed by atoms with Crippen LogP contribution in [0, 0.1) is 0 Å². The van der Waals surface area contributed by atoms with Gasteiger partial charge >= 0.3 is 0 Å². The molecule has 3 rings (SSSR count). The predicted molar refractivity (Wildman–Crippen MR) is 102 cm³/mol. The molecule has 6 nitrogen and oxygen atoms in total. The van der Waals surface area contributed by atoms with E-state index in [1.165, 1.54) is 6.07 Å². The molecule has 0 amide bonds. The van der Waals surface area contributed by atoms with E-state index in [1.54, 1.807) is 13.3 Å². The monoisotopic (exact) mass is 398 g/mol. The number of hydrogen-bond donors (Lipinski definition) is 2. The summed E-state index contributed by atoms with van der Waals surface area (Å²) in [6.07, 6.45) is 1.62. The number of nitrogens with one attached hydrogen (secondary N) is 2. The van der Waals surface area contributed by atoms with Crippen LogP contribution in [0.15, 0.2) is 69.0 Å². The van der Waals surface area contributed by atoms with Crippen molar-refractivity contribution in [2.45, 2.75) is 0 Å². The Balaban J connectivity index is 1.78. The van der Waals surface area contributed by atoms with Crippen LogP contribution in [0.25, 0.3) is 11.3 Å². The van der Waals surface area contributed by atoms with Crippen molar-refractivity contribution >= 4 is 28.1 Å². The van der Waals surface area contributed by atoms with Crippen molar-refractivity contribution < 1.29 is 4.74 Å². The molecule has 2 N–H and O–H groups in total. The Bertz CT molecular complexity index is 955. The first-order chi connectivity index (χ1) is 12.2. The van der Waals surface area contributed by atoms with Gasteiger partial charge in [0.1, 0.15) is 5.75 Å². The summed E-state index contributed by atoms with van der Waals surface area (Å²) in [5, 5.41) is 4.12. The number of methoxy groups -OCH3 is 1. The van der Waals surface area contributed by atoms with Crippen molar-refractivity contribution in [2.75, 3.05) is 12.5 Å². The molecular formula is C18H15BrN4O2. The quantitative estimate of drug-likeness (QED) is 0.507. The topological polar surface area (TPSA) is 79.4 Å². The number of ether oxygens (including phenoxy) is 1. The van der Waals surface area contributed by atoms with Crippen LogP contribution >= 0.6 is 15.9 Å². The fourth-order valence-corrected chi connectivity index (χ4v) is 2.76. The van der Waals surface area contributed by atoms with E-state index in [4.69, 9.17) is 4.74 Å². The Morgan fingerprint density at radius 2 is 2.00 bits per heavy atom. The maximum absolute atomic E-state index is 11.8. The molecule has 126 valence electrons. The van der Waals surface area contributed by atoms with E-state index in [-0.39, 0.29) is 11.5 Å². The van der Waals surface area contributed by atoms with Crippen molar-refractivity contribution in [1.82, 2.24) is 9.97 Å². The molecule has 0 saturated carbocycles. The number of anilines is 1. The maximum atomic E-state index is 11.8. The van der Waals surface area contributed by atoms with Gasteiger partial charge in [0.15, 0.2) is 0 Å². The van der Waals surface area contributed by atoms with Crippen LogP contribution < -0.4 is 15.7 Å². The number of hydrazone groups is 1. The van der Waals surface area contributed by atoms with E-state index in [0.29, 0.717) is 5.69 Å². The highest BCUT2D eigenvalue weighted by Gasteiger charge is 2.03. The summed E-state index contributed by atoms with van der Waals surface area (Å²) in [6.45, 7) is 0. The highest BCUT2D eigenvalue weighted by molar-refractivity contribution is 9.10. The first-order valence-corrected chi connectivity index (χ1v) is 8.24. The second-order valence-electron chi connectivity index (χ2n) is 5.11. The van der Waals surface area contributed by atoms with Gasteiger partial charge in [-0.3, -0.25) is 9.78 Å². The van der Waals surface area contributed by atoms with Crippen LogP contribution in [-0.2, 0) is 0 Å². The van der Waals surface area contributed by atoms with E-state index in [2.05, 4.69) is 36.4 Å². The molecule has 0 spiro atoms. The first kappa shape index (κ1) is 16.9. The fraction of sp³-hybridized carbons (Fsp3) is 0.0556. The molecule has 0 atom stereocenters. The lowest BCUT2D eigenvalue weighted by molar-refractivity contribution is 0.412. The third-order valence-corrected chi connectivity index (χ3v) is 3.99. The third kappa shape index (κ3) is 4.33. The van der Waals surface area contributed by atoms with E-state index in [9.17, 15) is 4.79 Å². The van der Waals surface area contributed by atoms with Crippen LogP contribution in [-0.4, -0.2) is 23.3 Å². The van der Waals surface area contributed by atoms with Gasteiger partial charge in [0.25, 0.3) is 5.56 Å². The SMILES string of the molecule is COc1ccc(/C=N\Nc2nc(-c3ccccc3)cc(=O)[nH]2)cc1Br. The van der Waals surface area contributed by atoms with Crippen molar-refractivity contribution in [3.8, 4) is 17.0 Å². The number of halogens is 1. The number of H-pyrrole nitrogens is 1. The van der Waals surface area contributed by atoms with Crippen molar-refractivity contribution in [1.29, 1.82) is 0 Å². The van der Waals surface area contributed by atoms with E-state index >= 15 is 0 Å². The minimum Gasteiger partial charge on any atom is -0.496 e. The van der Waals surface area contributed by atoms with Crippen LogP contribution in [0.2, 0.25) is 0 Å². The lowest BCUT2D eigenvalue weighted by Gasteiger charge is -2.04. The maximum Gasteiger partial charge on any atom is 0.252 e. The molecule has 3 aromatic rings. The van der Waals surface area contributed by atoms with E-state index < -0.39 is 0 Å². The third-order valence-electron chi connectivity index (χ3n) is 3.37. The molecule has 0 aliphatic heterocycles. The molecule has 0 aliphatic carbocycles. The smallest absolute Gasteiger partial charge is 0.252 e. The molecule has 7 heteroatoms. The van der Waals surface area contributed by atoms with Crippen molar-refractivity contribution in [2.24, 2.45) is 5.10 Å². The zero-order valence-electron chi connectivity index (χ0n) is 13.4. The van der Waals surface area contributed by atoms with Crippen LogP contribution in [0.3, 0.4) is 0 Å². The minimum absolute atomic E-state index is 0.251. The van der Waals surface area contributed by atoms with Crippen LogP contribution in [0.4, 0.5) is 5.95 Å². The Morgan fingerprint density at radius 3 is 2.72 bits per heavy atom. The lowest BCUT2D eigenvalue weighted by atomic mass is 10.1. The molecule has 2 aromatic carbocycles. The zero-order valence-corrected chi connectivity index (χ0v) is 14.9. The zero-order chi connectivity index (χ0) is 17.6. The molecule has 1 aromatic heterocycles. The number of aromatic nitrogens is 2. The molecule has 1 heterocycles. The van der Waals surface area contributed by atoms with Crippen LogP contribution in [0.5, 0.6) is 5.75 Å². The molecular weight excluding hydrogens is 384 g/mol. The molecule has 25 heavy (non-hydrogen) atoms. The first-order valence-electron chi connectivity index (χ1n) is 7.45. The van der Waals surface area contributed by atoms with Crippen molar-refractivity contribution in [3.05, 3.63) is 75.0 Å². The average molecular weight is 399 g/mol.